The summed E-state index contributed by atoms with van der Waals surface area (Å²) in [5, 5.41) is 9.41. The summed E-state index contributed by atoms with van der Waals surface area (Å²) in [6, 6.07) is 4.69. The fraction of sp³-hybridized carbons (Fsp3) is 0.741. The van der Waals surface area contributed by atoms with Crippen LogP contribution in [0.3, 0.4) is 0 Å². The predicted molar refractivity (Wildman–Crippen MR) is 135 cm³/mol. The van der Waals surface area contributed by atoms with Crippen LogP contribution in [-0.4, -0.2) is 62.5 Å². The van der Waals surface area contributed by atoms with E-state index in [-0.39, 0.29) is 0 Å². The second kappa shape index (κ2) is 9.27. The zero-order valence-electron chi connectivity index (χ0n) is 21.3. The number of ether oxygens (including phenoxy) is 1. The quantitative estimate of drug-likeness (QED) is 0.619. The van der Waals surface area contributed by atoms with Crippen molar-refractivity contribution < 1.29 is 14.6 Å². The zero-order chi connectivity index (χ0) is 23.8. The van der Waals surface area contributed by atoms with Gasteiger partial charge in [-0.2, -0.15) is 0 Å². The maximum Gasteiger partial charge on any atom is 0.407 e. The topological polar surface area (TPSA) is 56.3 Å². The molecule has 2 aliphatic heterocycles. The number of piperazine rings is 1. The number of anilines is 2. The molecule has 6 heteroatoms. The van der Waals surface area contributed by atoms with E-state index < -0.39 is 6.09 Å². The van der Waals surface area contributed by atoms with Crippen LogP contribution in [0, 0.1) is 10.8 Å². The van der Waals surface area contributed by atoms with Crippen molar-refractivity contribution in [1.29, 1.82) is 0 Å². The summed E-state index contributed by atoms with van der Waals surface area (Å²) in [6.07, 6.45) is 6.58. The Morgan fingerprint density at radius 3 is 2.00 bits per heavy atom. The van der Waals surface area contributed by atoms with Gasteiger partial charge in [0.1, 0.15) is 5.75 Å². The molecule has 1 aliphatic carbocycles. The lowest BCUT2D eigenvalue weighted by Gasteiger charge is -2.46. The molecule has 3 aliphatic rings. The highest BCUT2D eigenvalue weighted by Gasteiger charge is 2.40. The molecule has 1 aromatic carbocycles. The number of rotatable bonds is 4. The molecule has 0 radical (unpaired) electrons. The Morgan fingerprint density at radius 2 is 1.45 bits per heavy atom. The van der Waals surface area contributed by atoms with Crippen molar-refractivity contribution in [2.24, 2.45) is 10.8 Å². The van der Waals surface area contributed by atoms with Crippen molar-refractivity contribution in [3.8, 4) is 5.75 Å². The summed E-state index contributed by atoms with van der Waals surface area (Å²) in [5.74, 6) is 1.44. The molecule has 3 fully saturated rings. The van der Waals surface area contributed by atoms with Crippen molar-refractivity contribution >= 4 is 17.5 Å². The average molecular weight is 458 g/mol. The van der Waals surface area contributed by atoms with Crippen molar-refractivity contribution in [3.05, 3.63) is 17.7 Å². The molecule has 0 unspecified atom stereocenters. The number of nitrogens with zero attached hydrogens (tertiary/aromatic N) is 3. The summed E-state index contributed by atoms with van der Waals surface area (Å²) in [5.41, 5.74) is 4.52. The van der Waals surface area contributed by atoms with Gasteiger partial charge in [0.2, 0.25) is 0 Å². The van der Waals surface area contributed by atoms with Crippen LogP contribution >= 0.6 is 0 Å². The lowest BCUT2D eigenvalue weighted by molar-refractivity contribution is 0.0969. The first-order valence-corrected chi connectivity index (χ1v) is 12.8. The van der Waals surface area contributed by atoms with Crippen LogP contribution < -0.4 is 14.5 Å². The van der Waals surface area contributed by atoms with Gasteiger partial charge < -0.3 is 24.5 Å². The molecule has 1 amide bonds. The Labute approximate surface area is 199 Å². The third-order valence-electron chi connectivity index (χ3n) is 7.91. The molecule has 1 aromatic rings. The number of methoxy groups -OCH3 is 1. The first-order chi connectivity index (χ1) is 15.6. The summed E-state index contributed by atoms with van der Waals surface area (Å²) in [4.78, 5) is 17.9. The van der Waals surface area contributed by atoms with Gasteiger partial charge in [-0.25, -0.2) is 4.79 Å². The van der Waals surface area contributed by atoms with E-state index in [9.17, 15) is 9.90 Å². The highest BCUT2D eigenvalue weighted by molar-refractivity contribution is 5.71. The van der Waals surface area contributed by atoms with Gasteiger partial charge in [0.25, 0.3) is 0 Å². The largest absolute Gasteiger partial charge is 0.495 e. The summed E-state index contributed by atoms with van der Waals surface area (Å²) in [6.45, 7) is 14.4. The number of carboxylic acid groups (broad SMARTS) is 1. The molecule has 184 valence electrons. The summed E-state index contributed by atoms with van der Waals surface area (Å²) < 4.78 is 5.94. The number of carbonyl (C=O) groups is 1. The van der Waals surface area contributed by atoms with Crippen LogP contribution in [0.1, 0.15) is 77.7 Å². The third kappa shape index (κ3) is 5.36. The second-order valence-electron chi connectivity index (χ2n) is 12.0. The van der Waals surface area contributed by atoms with Crippen LogP contribution in [0.5, 0.6) is 5.75 Å². The minimum Gasteiger partial charge on any atom is -0.495 e. The van der Waals surface area contributed by atoms with Gasteiger partial charge in [-0.05, 0) is 66.9 Å². The summed E-state index contributed by atoms with van der Waals surface area (Å²) in [7, 11) is 1.78. The van der Waals surface area contributed by atoms with Crippen LogP contribution in [0.15, 0.2) is 12.1 Å². The van der Waals surface area contributed by atoms with Crippen LogP contribution in [0.25, 0.3) is 0 Å². The zero-order valence-corrected chi connectivity index (χ0v) is 21.3. The van der Waals surface area contributed by atoms with Crippen molar-refractivity contribution in [3.63, 3.8) is 0 Å². The Morgan fingerprint density at radius 1 is 0.879 bits per heavy atom. The van der Waals surface area contributed by atoms with E-state index in [1.807, 2.05) is 0 Å². The van der Waals surface area contributed by atoms with Gasteiger partial charge in [0.05, 0.1) is 12.8 Å². The van der Waals surface area contributed by atoms with E-state index in [0.29, 0.717) is 29.8 Å². The maximum absolute atomic E-state index is 11.5. The normalized spacial score (nSPS) is 23.5. The van der Waals surface area contributed by atoms with E-state index in [1.165, 1.54) is 60.4 Å². The Bertz CT molecular complexity index is 836. The lowest BCUT2D eigenvalue weighted by atomic mass is 9.60. The number of hydrogen-bond donors (Lipinski definition) is 1. The molecule has 33 heavy (non-hydrogen) atoms. The molecule has 2 saturated heterocycles. The Kier molecular flexibility index (Phi) is 6.75. The highest BCUT2D eigenvalue weighted by Crippen LogP contribution is 2.54. The lowest BCUT2D eigenvalue weighted by Crippen LogP contribution is -2.48. The molecule has 0 spiro atoms. The van der Waals surface area contributed by atoms with Gasteiger partial charge in [-0.15, -0.1) is 0 Å². The van der Waals surface area contributed by atoms with Gasteiger partial charge >= 0.3 is 6.09 Å². The molecular weight excluding hydrogens is 414 g/mol. The predicted octanol–water partition coefficient (Wildman–Crippen LogP) is 5.81. The Hall–Kier alpha value is -2.11. The van der Waals surface area contributed by atoms with Crippen molar-refractivity contribution in [1.82, 2.24) is 4.90 Å². The van der Waals surface area contributed by atoms with Gasteiger partial charge in [0, 0.05) is 51.0 Å². The second-order valence-corrected chi connectivity index (χ2v) is 12.0. The first kappa shape index (κ1) is 24.0. The van der Waals surface area contributed by atoms with E-state index >= 15 is 0 Å². The molecule has 0 bridgehead atoms. The van der Waals surface area contributed by atoms with Crippen molar-refractivity contribution in [2.75, 3.05) is 56.2 Å². The molecule has 2 heterocycles. The fourth-order valence-electron chi connectivity index (χ4n) is 6.92. The molecule has 4 rings (SSSR count). The number of amides is 1. The first-order valence-electron chi connectivity index (χ1n) is 12.8. The van der Waals surface area contributed by atoms with E-state index in [2.05, 4.69) is 49.6 Å². The molecule has 1 N–H and O–H groups in total. The molecule has 6 nitrogen and oxygen atoms in total. The molecular formula is C27H43N3O3. The smallest absolute Gasteiger partial charge is 0.407 e. The Balaban J connectivity index is 1.75. The number of hydrogen-bond acceptors (Lipinski definition) is 4. The van der Waals surface area contributed by atoms with Crippen LogP contribution in [-0.2, 0) is 0 Å². The maximum atomic E-state index is 11.5. The van der Waals surface area contributed by atoms with Crippen LogP contribution in [0.4, 0.5) is 16.2 Å². The van der Waals surface area contributed by atoms with E-state index in [4.69, 9.17) is 4.74 Å². The van der Waals surface area contributed by atoms with E-state index in [0.717, 1.165) is 31.9 Å². The standard InChI is InChI=1S/C27H43N3O3/c1-26(2)17-20(18-27(3,4)19-26)21-15-23(28-9-7-6-8-10-28)24(33-5)16-22(21)29-11-13-30(14-12-29)25(31)32/h15-16,20H,6-14,17-19H2,1-5H3,(H,31,32). The number of benzene rings is 1. The van der Waals surface area contributed by atoms with Gasteiger partial charge in [-0.3, -0.25) is 0 Å². The molecule has 0 aromatic heterocycles. The minimum atomic E-state index is -0.816. The molecule has 0 atom stereocenters. The van der Waals surface area contributed by atoms with Crippen LogP contribution in [0.2, 0.25) is 0 Å². The molecule has 1 saturated carbocycles. The highest BCUT2D eigenvalue weighted by atomic mass is 16.5. The monoisotopic (exact) mass is 457 g/mol. The van der Waals surface area contributed by atoms with Gasteiger partial charge in [0.15, 0.2) is 0 Å². The average Bonchev–Trinajstić information content (AvgIpc) is 2.76. The van der Waals surface area contributed by atoms with Crippen molar-refractivity contribution in [2.45, 2.75) is 72.1 Å². The SMILES string of the molecule is COc1cc(N2CCN(C(=O)O)CC2)c(C2CC(C)(C)CC(C)(C)C2)cc1N1CCCCC1. The number of piperidine rings is 1. The van der Waals surface area contributed by atoms with E-state index in [1.54, 1.807) is 7.11 Å². The minimum absolute atomic E-state index is 0.302. The third-order valence-corrected chi connectivity index (χ3v) is 7.91. The fourth-order valence-corrected chi connectivity index (χ4v) is 6.92. The summed E-state index contributed by atoms with van der Waals surface area (Å²) >= 11 is 0. The van der Waals surface area contributed by atoms with Gasteiger partial charge in [-0.1, -0.05) is 27.7 Å².